The predicted molar refractivity (Wildman–Crippen MR) is 65.2 cm³/mol. The second-order valence-electron chi connectivity index (χ2n) is 3.56. The van der Waals surface area contributed by atoms with Crippen molar-refractivity contribution in [3.05, 3.63) is 16.4 Å². The third-order valence-corrected chi connectivity index (χ3v) is 3.14. The molecule has 0 amide bonds. The molecule has 0 aromatic carbocycles. The van der Waals surface area contributed by atoms with Gasteiger partial charge in [-0.1, -0.05) is 0 Å². The van der Waals surface area contributed by atoms with Crippen LogP contribution in [0.3, 0.4) is 0 Å². The topological polar surface area (TPSA) is 62.3 Å². The van der Waals surface area contributed by atoms with Crippen LogP contribution >= 0.6 is 15.9 Å². The van der Waals surface area contributed by atoms with Gasteiger partial charge in [-0.05, 0) is 22.9 Å². The number of hydrogen-bond acceptors (Lipinski definition) is 4. The van der Waals surface area contributed by atoms with Crippen LogP contribution in [0.2, 0.25) is 0 Å². The molecule has 2 unspecified atom stereocenters. The lowest BCUT2D eigenvalue weighted by Crippen LogP contribution is -2.28. The van der Waals surface area contributed by atoms with Crippen LogP contribution in [-0.4, -0.2) is 36.7 Å². The average Bonchev–Trinajstić information content (AvgIpc) is 2.65. The number of methoxy groups -OCH3 is 2. The highest BCUT2D eigenvalue weighted by Crippen LogP contribution is 2.24. The summed E-state index contributed by atoms with van der Waals surface area (Å²) in [6.07, 6.45) is 1.68. The van der Waals surface area contributed by atoms with Crippen molar-refractivity contribution in [3.8, 4) is 0 Å². The molecule has 92 valence electrons. The number of nitrogens with zero attached hydrogens (tertiary/aromatic N) is 2. The first-order valence-electron chi connectivity index (χ1n) is 5.10. The zero-order chi connectivity index (χ0) is 12.1. The minimum atomic E-state index is -0.210. The van der Waals surface area contributed by atoms with Gasteiger partial charge in [0.15, 0.2) is 0 Å². The predicted octanol–water partition coefficient (Wildman–Crippen LogP) is 1.33. The van der Waals surface area contributed by atoms with Gasteiger partial charge in [-0.3, -0.25) is 4.68 Å². The smallest absolute Gasteiger partial charge is 0.0751 e. The quantitative estimate of drug-likeness (QED) is 0.859. The molecular weight excluding hydrogens is 274 g/mol. The molecule has 1 heterocycles. The third kappa shape index (κ3) is 3.04. The van der Waals surface area contributed by atoms with Crippen molar-refractivity contribution in [3.63, 3.8) is 0 Å². The Hall–Kier alpha value is -0.430. The standard InChI is InChI=1S/C10H18BrN3O2/c1-7(16-3)9(12)10-8(11)6-13-14(10)4-5-15-2/h6-7,9H,4-5,12H2,1-3H3. The summed E-state index contributed by atoms with van der Waals surface area (Å²) in [4.78, 5) is 0. The summed E-state index contributed by atoms with van der Waals surface area (Å²) >= 11 is 3.45. The molecule has 0 radical (unpaired) electrons. The molecule has 1 aromatic heterocycles. The van der Waals surface area contributed by atoms with Crippen LogP contribution in [0.4, 0.5) is 0 Å². The van der Waals surface area contributed by atoms with Crippen molar-refractivity contribution in [1.82, 2.24) is 9.78 Å². The van der Waals surface area contributed by atoms with Gasteiger partial charge in [0.1, 0.15) is 0 Å². The lowest BCUT2D eigenvalue weighted by atomic mass is 10.1. The minimum absolute atomic E-state index is 0.0608. The molecule has 0 saturated heterocycles. The van der Waals surface area contributed by atoms with Crippen molar-refractivity contribution in [2.24, 2.45) is 5.73 Å². The van der Waals surface area contributed by atoms with Crippen molar-refractivity contribution in [2.75, 3.05) is 20.8 Å². The molecule has 5 nitrogen and oxygen atoms in total. The summed E-state index contributed by atoms with van der Waals surface area (Å²) < 4.78 is 13.0. The molecule has 0 fully saturated rings. The van der Waals surface area contributed by atoms with E-state index in [1.54, 1.807) is 20.4 Å². The van der Waals surface area contributed by atoms with Crippen molar-refractivity contribution >= 4 is 15.9 Å². The van der Waals surface area contributed by atoms with E-state index in [2.05, 4.69) is 21.0 Å². The Morgan fingerprint density at radius 1 is 1.56 bits per heavy atom. The highest BCUT2D eigenvalue weighted by Gasteiger charge is 2.21. The number of hydrogen-bond donors (Lipinski definition) is 1. The van der Waals surface area contributed by atoms with Crippen molar-refractivity contribution in [2.45, 2.75) is 25.6 Å². The zero-order valence-corrected chi connectivity index (χ0v) is 11.4. The maximum atomic E-state index is 6.11. The van der Waals surface area contributed by atoms with Crippen LogP contribution in [0.1, 0.15) is 18.7 Å². The first kappa shape index (κ1) is 13.6. The molecule has 0 aliphatic heterocycles. The Bertz CT molecular complexity index is 330. The van der Waals surface area contributed by atoms with Gasteiger partial charge in [0.2, 0.25) is 0 Å². The van der Waals surface area contributed by atoms with E-state index in [1.165, 1.54) is 0 Å². The SMILES string of the molecule is COCCn1ncc(Br)c1C(N)C(C)OC. The van der Waals surface area contributed by atoms with Gasteiger partial charge >= 0.3 is 0 Å². The highest BCUT2D eigenvalue weighted by molar-refractivity contribution is 9.10. The molecule has 0 bridgehead atoms. The number of nitrogens with two attached hydrogens (primary N) is 1. The molecule has 0 aliphatic carbocycles. The lowest BCUT2D eigenvalue weighted by molar-refractivity contribution is 0.0918. The van der Waals surface area contributed by atoms with Crippen LogP contribution in [0.15, 0.2) is 10.7 Å². The molecule has 0 aliphatic rings. The second-order valence-corrected chi connectivity index (χ2v) is 4.41. The summed E-state index contributed by atoms with van der Waals surface area (Å²) in [6.45, 7) is 3.22. The Balaban J connectivity index is 2.87. The van der Waals surface area contributed by atoms with Gasteiger partial charge in [-0.2, -0.15) is 5.10 Å². The first-order valence-corrected chi connectivity index (χ1v) is 5.89. The molecule has 2 N–H and O–H groups in total. The van der Waals surface area contributed by atoms with Gasteiger partial charge in [-0.25, -0.2) is 0 Å². The number of ether oxygens (including phenoxy) is 2. The highest BCUT2D eigenvalue weighted by atomic mass is 79.9. The van der Waals surface area contributed by atoms with Gasteiger partial charge in [0, 0.05) is 14.2 Å². The monoisotopic (exact) mass is 291 g/mol. The summed E-state index contributed by atoms with van der Waals surface area (Å²) in [5.74, 6) is 0. The molecule has 2 atom stereocenters. The van der Waals surface area contributed by atoms with Crippen LogP contribution in [0.25, 0.3) is 0 Å². The molecule has 6 heteroatoms. The number of rotatable bonds is 6. The van der Waals surface area contributed by atoms with Crippen LogP contribution in [0.5, 0.6) is 0 Å². The zero-order valence-electron chi connectivity index (χ0n) is 9.81. The normalized spacial score (nSPS) is 15.1. The lowest BCUT2D eigenvalue weighted by Gasteiger charge is -2.20. The van der Waals surface area contributed by atoms with Crippen LogP contribution in [0, 0.1) is 0 Å². The van der Waals surface area contributed by atoms with Gasteiger partial charge < -0.3 is 15.2 Å². The van der Waals surface area contributed by atoms with Crippen molar-refractivity contribution in [1.29, 1.82) is 0 Å². The molecule has 1 aromatic rings. The Labute approximate surface area is 104 Å². The molecule has 1 rings (SSSR count). The fourth-order valence-electron chi connectivity index (χ4n) is 1.43. The summed E-state index contributed by atoms with van der Waals surface area (Å²) in [6, 6.07) is -0.210. The van der Waals surface area contributed by atoms with E-state index in [0.29, 0.717) is 13.2 Å². The van der Waals surface area contributed by atoms with Crippen LogP contribution in [-0.2, 0) is 16.0 Å². The minimum Gasteiger partial charge on any atom is -0.383 e. The van der Waals surface area contributed by atoms with Crippen LogP contribution < -0.4 is 5.73 Å². The molecular formula is C10H18BrN3O2. The summed E-state index contributed by atoms with van der Waals surface area (Å²) in [5.41, 5.74) is 7.05. The molecule has 0 spiro atoms. The van der Waals surface area contributed by atoms with Crippen molar-refractivity contribution < 1.29 is 9.47 Å². The average molecular weight is 292 g/mol. The van der Waals surface area contributed by atoms with E-state index >= 15 is 0 Å². The Morgan fingerprint density at radius 2 is 2.25 bits per heavy atom. The van der Waals surface area contributed by atoms with E-state index in [-0.39, 0.29) is 12.1 Å². The Morgan fingerprint density at radius 3 is 2.81 bits per heavy atom. The molecule has 0 saturated carbocycles. The summed E-state index contributed by atoms with van der Waals surface area (Å²) in [7, 11) is 3.31. The maximum Gasteiger partial charge on any atom is 0.0751 e. The molecule has 16 heavy (non-hydrogen) atoms. The number of aromatic nitrogens is 2. The summed E-state index contributed by atoms with van der Waals surface area (Å²) in [5, 5.41) is 4.25. The van der Waals surface area contributed by atoms with E-state index in [0.717, 1.165) is 10.2 Å². The van der Waals surface area contributed by atoms with Gasteiger partial charge in [0.25, 0.3) is 0 Å². The fraction of sp³-hybridized carbons (Fsp3) is 0.700. The van der Waals surface area contributed by atoms with E-state index in [1.807, 2.05) is 11.6 Å². The van der Waals surface area contributed by atoms with E-state index in [4.69, 9.17) is 15.2 Å². The largest absolute Gasteiger partial charge is 0.383 e. The first-order chi connectivity index (χ1) is 7.61. The fourth-order valence-corrected chi connectivity index (χ4v) is 1.99. The number of halogens is 1. The van der Waals surface area contributed by atoms with Gasteiger partial charge in [0.05, 0.1) is 41.7 Å². The third-order valence-electron chi connectivity index (χ3n) is 2.53. The maximum absolute atomic E-state index is 6.11. The second kappa shape index (κ2) is 6.34. The van der Waals surface area contributed by atoms with E-state index in [9.17, 15) is 0 Å². The van der Waals surface area contributed by atoms with E-state index < -0.39 is 0 Å². The Kier molecular flexibility index (Phi) is 5.40. The van der Waals surface area contributed by atoms with Gasteiger partial charge in [-0.15, -0.1) is 0 Å².